The smallest absolute Gasteiger partial charge is 0.411 e. The minimum absolute atomic E-state index is 0.345. The molecule has 0 aliphatic heterocycles. The van der Waals surface area contributed by atoms with Gasteiger partial charge in [0.1, 0.15) is 5.00 Å². The largest absolute Gasteiger partial charge is 0.462 e. The third kappa shape index (κ3) is 3.75. The topological polar surface area (TPSA) is 64.6 Å². The number of esters is 1. The first-order valence-electron chi connectivity index (χ1n) is 7.34. The summed E-state index contributed by atoms with van der Waals surface area (Å²) in [6.07, 6.45) is 5.39. The number of hydrogen-bond donors (Lipinski definition) is 1. The van der Waals surface area contributed by atoms with Crippen molar-refractivity contribution in [2.45, 2.75) is 45.4 Å². The number of carbonyl (C=O) groups is 2. The number of carbonyl (C=O) groups excluding carboxylic acids is 2. The molecular formula is C15H21NO4S. The van der Waals surface area contributed by atoms with Crippen molar-refractivity contribution in [3.8, 4) is 0 Å². The molecule has 5 nitrogen and oxygen atoms in total. The number of nitrogens with one attached hydrogen (secondary N) is 1. The molecule has 0 fully saturated rings. The summed E-state index contributed by atoms with van der Waals surface area (Å²) in [5.41, 5.74) is 1.57. The maximum atomic E-state index is 12.3. The molecule has 0 atom stereocenters. The van der Waals surface area contributed by atoms with Crippen LogP contribution in [0, 0.1) is 0 Å². The second-order valence-corrected chi connectivity index (χ2v) is 6.13. The van der Waals surface area contributed by atoms with Crippen molar-refractivity contribution < 1.29 is 19.1 Å². The summed E-state index contributed by atoms with van der Waals surface area (Å²) in [4.78, 5) is 25.0. The van der Waals surface area contributed by atoms with E-state index in [1.54, 1.807) is 0 Å². The highest BCUT2D eigenvalue weighted by molar-refractivity contribution is 7.17. The predicted octanol–water partition coefficient (Wildman–Crippen LogP) is 3.76. The Bertz CT molecular complexity index is 524. The van der Waals surface area contributed by atoms with Gasteiger partial charge in [0, 0.05) is 4.88 Å². The summed E-state index contributed by atoms with van der Waals surface area (Å²) in [6, 6.07) is 0. The Morgan fingerprint density at radius 3 is 2.71 bits per heavy atom. The first-order valence-corrected chi connectivity index (χ1v) is 8.15. The zero-order valence-electron chi connectivity index (χ0n) is 12.5. The second kappa shape index (κ2) is 7.45. The zero-order chi connectivity index (χ0) is 15.2. The summed E-state index contributed by atoms with van der Waals surface area (Å²) in [5, 5.41) is 3.20. The molecule has 0 radical (unpaired) electrons. The number of methoxy groups -OCH3 is 1. The fourth-order valence-electron chi connectivity index (χ4n) is 2.46. The highest BCUT2D eigenvalue weighted by atomic mass is 32.1. The van der Waals surface area contributed by atoms with E-state index < -0.39 is 6.09 Å². The average molecular weight is 311 g/mol. The van der Waals surface area contributed by atoms with Crippen LogP contribution in [0.15, 0.2) is 0 Å². The van der Waals surface area contributed by atoms with Gasteiger partial charge in [-0.15, -0.1) is 11.3 Å². The standard InChI is InChI=1S/C15H21NO4S/c1-3-9-20-14(17)12-10-7-5-4-6-8-11(10)21-13(12)16-15(18)19-2/h3-9H2,1-2H3,(H,16,18). The van der Waals surface area contributed by atoms with Gasteiger partial charge >= 0.3 is 12.1 Å². The van der Waals surface area contributed by atoms with Crippen molar-refractivity contribution in [2.75, 3.05) is 19.0 Å². The van der Waals surface area contributed by atoms with Crippen molar-refractivity contribution in [3.05, 3.63) is 16.0 Å². The number of amides is 1. The molecule has 0 spiro atoms. The second-order valence-electron chi connectivity index (χ2n) is 5.02. The molecule has 1 aliphatic rings. The predicted molar refractivity (Wildman–Crippen MR) is 82.2 cm³/mol. The van der Waals surface area contributed by atoms with Crippen molar-refractivity contribution in [1.29, 1.82) is 0 Å². The van der Waals surface area contributed by atoms with E-state index in [0.717, 1.165) is 37.7 Å². The van der Waals surface area contributed by atoms with Gasteiger partial charge < -0.3 is 9.47 Å². The Kier molecular flexibility index (Phi) is 5.61. The van der Waals surface area contributed by atoms with Gasteiger partial charge in [-0.1, -0.05) is 13.3 Å². The molecule has 1 amide bonds. The summed E-state index contributed by atoms with van der Waals surface area (Å²) in [6.45, 7) is 2.34. The van der Waals surface area contributed by atoms with E-state index in [-0.39, 0.29) is 5.97 Å². The number of thiophene rings is 1. The number of fused-ring (bicyclic) bond motifs is 1. The Morgan fingerprint density at radius 1 is 1.24 bits per heavy atom. The van der Waals surface area contributed by atoms with E-state index >= 15 is 0 Å². The Labute approximate surface area is 128 Å². The van der Waals surface area contributed by atoms with Crippen LogP contribution in [0.4, 0.5) is 9.80 Å². The molecule has 116 valence electrons. The van der Waals surface area contributed by atoms with Gasteiger partial charge in [-0.3, -0.25) is 5.32 Å². The maximum Gasteiger partial charge on any atom is 0.411 e. The number of aryl methyl sites for hydroxylation is 1. The Hall–Kier alpha value is -1.56. The molecule has 0 aromatic carbocycles. The summed E-state index contributed by atoms with van der Waals surface area (Å²) < 4.78 is 9.91. The van der Waals surface area contributed by atoms with Gasteiger partial charge in [0.05, 0.1) is 19.3 Å². The maximum absolute atomic E-state index is 12.3. The quantitative estimate of drug-likeness (QED) is 0.679. The Morgan fingerprint density at radius 2 is 2.00 bits per heavy atom. The molecule has 0 unspecified atom stereocenters. The van der Waals surface area contributed by atoms with Gasteiger partial charge in [0.25, 0.3) is 0 Å². The monoisotopic (exact) mass is 311 g/mol. The van der Waals surface area contributed by atoms with E-state index in [0.29, 0.717) is 17.2 Å². The first kappa shape index (κ1) is 15.8. The zero-order valence-corrected chi connectivity index (χ0v) is 13.3. The van der Waals surface area contributed by atoms with Crippen molar-refractivity contribution >= 4 is 28.4 Å². The van der Waals surface area contributed by atoms with Gasteiger partial charge in [-0.05, 0) is 37.7 Å². The van der Waals surface area contributed by atoms with Crippen LogP contribution in [-0.4, -0.2) is 25.8 Å². The number of hydrogen-bond acceptors (Lipinski definition) is 5. The molecule has 1 heterocycles. The van der Waals surface area contributed by atoms with Crippen LogP contribution >= 0.6 is 11.3 Å². The molecule has 1 aliphatic carbocycles. The van der Waals surface area contributed by atoms with Crippen LogP contribution in [-0.2, 0) is 22.3 Å². The average Bonchev–Trinajstić information content (AvgIpc) is 2.66. The van der Waals surface area contributed by atoms with Gasteiger partial charge in [0.15, 0.2) is 0 Å². The molecule has 6 heteroatoms. The molecule has 0 bridgehead atoms. The van der Waals surface area contributed by atoms with Crippen molar-refractivity contribution in [3.63, 3.8) is 0 Å². The third-order valence-corrected chi connectivity index (χ3v) is 4.67. The normalized spacial score (nSPS) is 14.0. The lowest BCUT2D eigenvalue weighted by atomic mass is 10.1. The summed E-state index contributed by atoms with van der Waals surface area (Å²) in [7, 11) is 1.31. The lowest BCUT2D eigenvalue weighted by Gasteiger charge is -2.08. The fourth-order valence-corrected chi connectivity index (χ4v) is 3.72. The summed E-state index contributed by atoms with van der Waals surface area (Å²) in [5.74, 6) is -0.345. The molecule has 0 saturated carbocycles. The number of rotatable bonds is 4. The van der Waals surface area contributed by atoms with Crippen LogP contribution in [0.25, 0.3) is 0 Å². The third-order valence-electron chi connectivity index (χ3n) is 3.46. The number of ether oxygens (including phenoxy) is 2. The lowest BCUT2D eigenvalue weighted by Crippen LogP contribution is -2.15. The molecule has 0 saturated heterocycles. The summed E-state index contributed by atoms with van der Waals surface area (Å²) >= 11 is 1.47. The lowest BCUT2D eigenvalue weighted by molar-refractivity contribution is 0.0505. The minimum atomic E-state index is -0.559. The van der Waals surface area contributed by atoms with Crippen molar-refractivity contribution in [2.24, 2.45) is 0 Å². The van der Waals surface area contributed by atoms with E-state index in [1.807, 2.05) is 6.92 Å². The fraction of sp³-hybridized carbons (Fsp3) is 0.600. The van der Waals surface area contributed by atoms with E-state index in [4.69, 9.17) is 4.74 Å². The van der Waals surface area contributed by atoms with Crippen molar-refractivity contribution in [1.82, 2.24) is 0 Å². The van der Waals surface area contributed by atoms with Crippen LogP contribution in [0.1, 0.15) is 53.4 Å². The first-order chi connectivity index (χ1) is 10.2. The van der Waals surface area contributed by atoms with E-state index in [1.165, 1.54) is 29.7 Å². The molecule has 1 N–H and O–H groups in total. The molecule has 2 rings (SSSR count). The highest BCUT2D eigenvalue weighted by Crippen LogP contribution is 2.38. The van der Waals surface area contributed by atoms with E-state index in [2.05, 4.69) is 10.1 Å². The van der Waals surface area contributed by atoms with Gasteiger partial charge in [-0.2, -0.15) is 0 Å². The van der Waals surface area contributed by atoms with Crippen LogP contribution in [0.5, 0.6) is 0 Å². The van der Waals surface area contributed by atoms with Gasteiger partial charge in [0.2, 0.25) is 0 Å². The Balaban J connectivity index is 2.34. The highest BCUT2D eigenvalue weighted by Gasteiger charge is 2.26. The SMILES string of the molecule is CCCOC(=O)c1c(NC(=O)OC)sc2c1CCCCC2. The molecular weight excluding hydrogens is 290 g/mol. The molecule has 1 aromatic heterocycles. The van der Waals surface area contributed by atoms with Crippen LogP contribution in [0.3, 0.4) is 0 Å². The van der Waals surface area contributed by atoms with Crippen LogP contribution in [0.2, 0.25) is 0 Å². The van der Waals surface area contributed by atoms with E-state index in [9.17, 15) is 9.59 Å². The minimum Gasteiger partial charge on any atom is -0.462 e. The molecule has 1 aromatic rings. The molecule has 21 heavy (non-hydrogen) atoms. The van der Waals surface area contributed by atoms with Crippen LogP contribution < -0.4 is 5.32 Å². The van der Waals surface area contributed by atoms with Gasteiger partial charge in [-0.25, -0.2) is 9.59 Å². The number of anilines is 1.